The molecule has 1 aliphatic heterocycles. The number of esters is 1. The van der Waals surface area contributed by atoms with Crippen molar-refractivity contribution in [3.05, 3.63) is 70.4 Å². The third-order valence-corrected chi connectivity index (χ3v) is 4.70. The molecule has 0 saturated carbocycles. The fourth-order valence-corrected chi connectivity index (χ4v) is 3.37. The molecule has 0 aliphatic carbocycles. The van der Waals surface area contributed by atoms with Crippen molar-refractivity contribution in [2.45, 2.75) is 40.7 Å². The molecule has 0 radical (unpaired) electrons. The summed E-state index contributed by atoms with van der Waals surface area (Å²) < 4.78 is 18.2. The number of hydrogen-bond acceptors (Lipinski definition) is 6. The average molecular weight is 405 g/mol. The molecule has 0 unspecified atom stereocenters. The van der Waals surface area contributed by atoms with Crippen molar-refractivity contribution >= 4 is 17.9 Å². The Morgan fingerprint density at radius 3 is 2.47 bits per heavy atom. The normalized spacial score (nSPS) is 15.1. The largest absolute Gasteiger partial charge is 0.491 e. The molecule has 1 aromatic carbocycles. The summed E-state index contributed by atoms with van der Waals surface area (Å²) in [6, 6.07) is 11.2. The molecule has 7 nitrogen and oxygen atoms in total. The van der Waals surface area contributed by atoms with Gasteiger partial charge in [-0.3, -0.25) is 4.57 Å². The van der Waals surface area contributed by atoms with E-state index in [9.17, 15) is 4.79 Å². The molecule has 154 valence electrons. The van der Waals surface area contributed by atoms with Gasteiger partial charge in [0.1, 0.15) is 11.5 Å². The van der Waals surface area contributed by atoms with E-state index in [1.165, 1.54) is 0 Å². The smallest absolute Gasteiger partial charge is 0.363 e. The number of ether oxygens (including phenoxy) is 2. The van der Waals surface area contributed by atoms with Gasteiger partial charge < -0.3 is 14.0 Å². The van der Waals surface area contributed by atoms with Gasteiger partial charge in [0.15, 0.2) is 11.5 Å². The van der Waals surface area contributed by atoms with Gasteiger partial charge in [-0.2, -0.15) is 0 Å². The summed E-state index contributed by atoms with van der Waals surface area (Å²) in [5.41, 5.74) is 3.74. The van der Waals surface area contributed by atoms with Crippen LogP contribution >= 0.6 is 0 Å². The second kappa shape index (κ2) is 7.67. The SMILES string of the molecule is Cc1cc(-n2c(C)cc(C=C3N=C(c4ccc(OC(C)C)cc4)OC3=O)c2C)no1. The number of hydrogen-bond donors (Lipinski definition) is 0. The Labute approximate surface area is 174 Å². The molecule has 30 heavy (non-hydrogen) atoms. The number of aliphatic imine (C=N–C) groups is 1. The molecule has 0 saturated heterocycles. The first kappa shape index (κ1) is 19.7. The van der Waals surface area contributed by atoms with Gasteiger partial charge in [-0.15, -0.1) is 0 Å². The van der Waals surface area contributed by atoms with E-state index in [0.29, 0.717) is 11.4 Å². The van der Waals surface area contributed by atoms with Crippen LogP contribution in [0.1, 0.15) is 42.1 Å². The fraction of sp³-hybridized carbons (Fsp3) is 0.261. The number of rotatable bonds is 5. The molecule has 0 amide bonds. The van der Waals surface area contributed by atoms with E-state index in [0.717, 1.165) is 28.5 Å². The Kier molecular flexibility index (Phi) is 5.03. The number of aryl methyl sites for hydroxylation is 2. The molecule has 0 atom stereocenters. The lowest BCUT2D eigenvalue weighted by atomic mass is 10.2. The first-order valence-electron chi connectivity index (χ1n) is 9.74. The highest BCUT2D eigenvalue weighted by atomic mass is 16.6. The zero-order chi connectivity index (χ0) is 21.4. The van der Waals surface area contributed by atoms with Crippen molar-refractivity contribution < 1.29 is 18.8 Å². The minimum Gasteiger partial charge on any atom is -0.491 e. The number of carbonyl (C=O) groups excluding carboxylic acids is 1. The number of cyclic esters (lactones) is 1. The van der Waals surface area contributed by atoms with Crippen molar-refractivity contribution in [3.8, 4) is 11.6 Å². The van der Waals surface area contributed by atoms with Gasteiger partial charge in [-0.25, -0.2) is 9.79 Å². The van der Waals surface area contributed by atoms with Crippen molar-refractivity contribution in [1.29, 1.82) is 0 Å². The third-order valence-electron chi connectivity index (χ3n) is 4.70. The molecule has 7 heteroatoms. The first-order valence-corrected chi connectivity index (χ1v) is 9.74. The standard InChI is InChI=1S/C23H23N3O4/c1-13(2)28-19-8-6-17(7-9-19)22-24-20(23(27)29-22)12-18-10-14(3)26(16(18)5)21-11-15(4)30-25-21/h6-13H,1-5H3. The molecule has 4 rings (SSSR count). The number of aromatic nitrogens is 2. The second-order valence-corrected chi connectivity index (χ2v) is 7.48. The summed E-state index contributed by atoms with van der Waals surface area (Å²) in [6.07, 6.45) is 1.82. The number of nitrogens with zero attached hydrogens (tertiary/aromatic N) is 3. The van der Waals surface area contributed by atoms with E-state index in [4.69, 9.17) is 14.0 Å². The van der Waals surface area contributed by atoms with Gasteiger partial charge in [0.05, 0.1) is 6.10 Å². The lowest BCUT2D eigenvalue weighted by Crippen LogP contribution is -2.07. The van der Waals surface area contributed by atoms with E-state index in [1.807, 2.05) is 75.6 Å². The van der Waals surface area contributed by atoms with Gasteiger partial charge in [-0.1, -0.05) is 5.16 Å². The van der Waals surface area contributed by atoms with Crippen molar-refractivity contribution in [1.82, 2.24) is 9.72 Å². The summed E-state index contributed by atoms with van der Waals surface area (Å²) >= 11 is 0. The zero-order valence-corrected chi connectivity index (χ0v) is 17.6. The monoisotopic (exact) mass is 405 g/mol. The van der Waals surface area contributed by atoms with Crippen molar-refractivity contribution in [3.63, 3.8) is 0 Å². The summed E-state index contributed by atoms with van der Waals surface area (Å²) in [4.78, 5) is 16.8. The summed E-state index contributed by atoms with van der Waals surface area (Å²) in [6.45, 7) is 9.71. The minimum absolute atomic E-state index is 0.0900. The van der Waals surface area contributed by atoms with Crippen molar-refractivity contribution in [2.24, 2.45) is 4.99 Å². The second-order valence-electron chi connectivity index (χ2n) is 7.48. The highest BCUT2D eigenvalue weighted by Gasteiger charge is 2.25. The molecule has 0 fully saturated rings. The lowest BCUT2D eigenvalue weighted by molar-refractivity contribution is -0.129. The molecular formula is C23H23N3O4. The van der Waals surface area contributed by atoms with Gasteiger partial charge >= 0.3 is 5.97 Å². The van der Waals surface area contributed by atoms with Crippen LogP contribution in [-0.4, -0.2) is 27.7 Å². The van der Waals surface area contributed by atoms with E-state index in [1.54, 1.807) is 6.08 Å². The Hall–Kier alpha value is -3.61. The van der Waals surface area contributed by atoms with E-state index in [-0.39, 0.29) is 17.7 Å². The predicted octanol–water partition coefficient (Wildman–Crippen LogP) is 4.52. The lowest BCUT2D eigenvalue weighted by Gasteiger charge is -2.09. The molecule has 0 spiro atoms. The Balaban J connectivity index is 1.63. The topological polar surface area (TPSA) is 78.9 Å². The molecular weight excluding hydrogens is 382 g/mol. The van der Waals surface area contributed by atoms with E-state index in [2.05, 4.69) is 10.1 Å². The molecule has 3 heterocycles. The zero-order valence-electron chi connectivity index (χ0n) is 17.6. The van der Waals surface area contributed by atoms with Gasteiger partial charge in [0.25, 0.3) is 0 Å². The van der Waals surface area contributed by atoms with Crippen LogP contribution in [0.25, 0.3) is 11.9 Å². The maximum atomic E-state index is 12.4. The van der Waals surface area contributed by atoms with Crippen LogP contribution in [0, 0.1) is 20.8 Å². The Morgan fingerprint density at radius 2 is 1.83 bits per heavy atom. The van der Waals surface area contributed by atoms with Gasteiger partial charge in [0.2, 0.25) is 5.90 Å². The van der Waals surface area contributed by atoms with Crippen LogP contribution in [0.15, 0.2) is 51.6 Å². The number of carbonyl (C=O) groups is 1. The summed E-state index contributed by atoms with van der Waals surface area (Å²) in [5.74, 6) is 1.99. The minimum atomic E-state index is -0.477. The maximum Gasteiger partial charge on any atom is 0.363 e. The molecule has 3 aromatic rings. The predicted molar refractivity (Wildman–Crippen MR) is 113 cm³/mol. The highest BCUT2D eigenvalue weighted by Crippen LogP contribution is 2.26. The number of benzene rings is 1. The first-order chi connectivity index (χ1) is 14.3. The molecule has 0 bridgehead atoms. The summed E-state index contributed by atoms with van der Waals surface area (Å²) in [5, 5.41) is 4.08. The van der Waals surface area contributed by atoms with Crippen LogP contribution in [0.2, 0.25) is 0 Å². The van der Waals surface area contributed by atoms with Crippen LogP contribution in [0.4, 0.5) is 0 Å². The van der Waals surface area contributed by atoms with Crippen LogP contribution in [0.5, 0.6) is 5.75 Å². The quantitative estimate of drug-likeness (QED) is 0.461. The molecule has 1 aliphatic rings. The van der Waals surface area contributed by atoms with Gasteiger partial charge in [-0.05, 0) is 76.6 Å². The van der Waals surface area contributed by atoms with Gasteiger partial charge in [0, 0.05) is 23.0 Å². The Morgan fingerprint density at radius 1 is 1.10 bits per heavy atom. The van der Waals surface area contributed by atoms with E-state index < -0.39 is 5.97 Å². The van der Waals surface area contributed by atoms with Crippen molar-refractivity contribution in [2.75, 3.05) is 0 Å². The molecule has 2 aromatic heterocycles. The summed E-state index contributed by atoms with van der Waals surface area (Å²) in [7, 11) is 0. The Bertz CT molecular complexity index is 1160. The fourth-order valence-electron chi connectivity index (χ4n) is 3.37. The van der Waals surface area contributed by atoms with Crippen LogP contribution in [0.3, 0.4) is 0 Å². The highest BCUT2D eigenvalue weighted by molar-refractivity contribution is 6.12. The van der Waals surface area contributed by atoms with E-state index >= 15 is 0 Å². The average Bonchev–Trinajstić information content (AvgIpc) is 3.34. The van der Waals surface area contributed by atoms with Crippen LogP contribution < -0.4 is 4.74 Å². The maximum absolute atomic E-state index is 12.4. The third kappa shape index (κ3) is 3.78. The molecule has 0 N–H and O–H groups in total. The van der Waals surface area contributed by atoms with Crippen LogP contribution in [-0.2, 0) is 9.53 Å².